The zero-order chi connectivity index (χ0) is 19.1. The molecule has 0 bridgehead atoms. The molecule has 5 nitrogen and oxygen atoms in total. The number of hydrogen-bond acceptors (Lipinski definition) is 3. The highest BCUT2D eigenvalue weighted by Gasteiger charge is 2.47. The molecule has 3 rings (SSSR count). The molecule has 0 unspecified atom stereocenters. The van der Waals surface area contributed by atoms with Crippen LogP contribution in [0.5, 0.6) is 0 Å². The van der Waals surface area contributed by atoms with Crippen LogP contribution in [0.1, 0.15) is 48.3 Å². The quantitative estimate of drug-likeness (QED) is 0.808. The molecule has 1 aliphatic rings. The molecule has 26 heavy (non-hydrogen) atoms. The molecule has 0 fully saturated rings. The standard InChI is InChI=1S/C17H18F4N4O/c1-9(2)23-16(26)12-8-22-25-14(17(19,20)21)7-13(24-15(12)25)10-3-5-11(18)6-4-10/h3-6,8-9,13-14,24H,7H2,1-2H3,(H,23,26)/t13-,14+/m0/s1. The van der Waals surface area contributed by atoms with Crippen molar-refractivity contribution in [1.29, 1.82) is 0 Å². The molecule has 140 valence electrons. The van der Waals surface area contributed by atoms with Crippen molar-refractivity contribution in [3.05, 3.63) is 47.4 Å². The van der Waals surface area contributed by atoms with Gasteiger partial charge >= 0.3 is 6.18 Å². The van der Waals surface area contributed by atoms with Crippen LogP contribution in [0.4, 0.5) is 23.4 Å². The first kappa shape index (κ1) is 18.2. The van der Waals surface area contributed by atoms with Gasteiger partial charge in [-0.2, -0.15) is 18.3 Å². The van der Waals surface area contributed by atoms with Crippen LogP contribution in [0.15, 0.2) is 30.5 Å². The smallest absolute Gasteiger partial charge is 0.363 e. The first-order valence-corrected chi connectivity index (χ1v) is 8.14. The van der Waals surface area contributed by atoms with Gasteiger partial charge in [-0.15, -0.1) is 0 Å². The summed E-state index contributed by atoms with van der Waals surface area (Å²) in [5.41, 5.74) is 0.545. The average molecular weight is 370 g/mol. The fraction of sp³-hybridized carbons (Fsp3) is 0.412. The minimum absolute atomic E-state index is 0.00560. The first-order valence-electron chi connectivity index (χ1n) is 8.14. The number of hydrogen-bond donors (Lipinski definition) is 2. The normalized spacial score (nSPS) is 19.8. The van der Waals surface area contributed by atoms with Crippen LogP contribution in [0.3, 0.4) is 0 Å². The molecule has 1 aliphatic heterocycles. The Balaban J connectivity index is 2.01. The third-order valence-corrected chi connectivity index (χ3v) is 4.18. The number of halogens is 4. The second-order valence-corrected chi connectivity index (χ2v) is 6.52. The molecule has 0 radical (unpaired) electrons. The van der Waals surface area contributed by atoms with Crippen molar-refractivity contribution >= 4 is 11.7 Å². The number of carbonyl (C=O) groups is 1. The van der Waals surface area contributed by atoms with E-state index in [1.54, 1.807) is 13.8 Å². The Kier molecular flexibility index (Phi) is 4.64. The molecular formula is C17H18F4N4O. The largest absolute Gasteiger partial charge is 0.410 e. The lowest BCUT2D eigenvalue weighted by atomic mass is 9.96. The SMILES string of the molecule is CC(C)NC(=O)c1cnn2c1N[C@H](c1ccc(F)cc1)C[C@@H]2C(F)(F)F. The van der Waals surface area contributed by atoms with Crippen molar-refractivity contribution in [2.75, 3.05) is 5.32 Å². The van der Waals surface area contributed by atoms with E-state index in [4.69, 9.17) is 0 Å². The van der Waals surface area contributed by atoms with Gasteiger partial charge in [-0.3, -0.25) is 4.79 Å². The summed E-state index contributed by atoms with van der Waals surface area (Å²) in [6.45, 7) is 3.50. The number of fused-ring (bicyclic) bond motifs is 1. The summed E-state index contributed by atoms with van der Waals surface area (Å²) in [6, 6.07) is 2.47. The summed E-state index contributed by atoms with van der Waals surface area (Å²) in [5.74, 6) is -0.973. The third kappa shape index (κ3) is 3.51. The number of carbonyl (C=O) groups excluding carboxylic acids is 1. The van der Waals surface area contributed by atoms with Crippen molar-refractivity contribution in [2.24, 2.45) is 0 Å². The molecule has 1 amide bonds. The summed E-state index contributed by atoms with van der Waals surface area (Å²) < 4.78 is 54.6. The maximum Gasteiger partial charge on any atom is 0.410 e. The van der Waals surface area contributed by atoms with Gasteiger partial charge in [0.05, 0.1) is 12.2 Å². The summed E-state index contributed by atoms with van der Waals surface area (Å²) >= 11 is 0. The van der Waals surface area contributed by atoms with E-state index in [1.165, 1.54) is 24.3 Å². The Labute approximate surface area is 147 Å². The Morgan fingerprint density at radius 1 is 1.31 bits per heavy atom. The van der Waals surface area contributed by atoms with E-state index in [-0.39, 0.29) is 23.8 Å². The number of rotatable bonds is 3. The van der Waals surface area contributed by atoms with E-state index >= 15 is 0 Å². The lowest BCUT2D eigenvalue weighted by molar-refractivity contribution is -0.173. The highest BCUT2D eigenvalue weighted by molar-refractivity contribution is 5.99. The topological polar surface area (TPSA) is 59.0 Å². The molecule has 2 heterocycles. The van der Waals surface area contributed by atoms with Crippen molar-refractivity contribution in [2.45, 2.75) is 44.6 Å². The van der Waals surface area contributed by atoms with E-state index in [2.05, 4.69) is 15.7 Å². The highest BCUT2D eigenvalue weighted by Crippen LogP contribution is 2.44. The molecular weight excluding hydrogens is 352 g/mol. The van der Waals surface area contributed by atoms with Gasteiger partial charge in [0.1, 0.15) is 17.2 Å². The number of anilines is 1. The van der Waals surface area contributed by atoms with Crippen LogP contribution in [-0.2, 0) is 0 Å². The maximum atomic E-state index is 13.5. The molecule has 0 saturated heterocycles. The van der Waals surface area contributed by atoms with E-state index in [9.17, 15) is 22.4 Å². The molecule has 2 N–H and O–H groups in total. The second-order valence-electron chi connectivity index (χ2n) is 6.52. The zero-order valence-electron chi connectivity index (χ0n) is 14.1. The van der Waals surface area contributed by atoms with Gasteiger partial charge in [0.25, 0.3) is 5.91 Å². The van der Waals surface area contributed by atoms with E-state index < -0.39 is 30.0 Å². The van der Waals surface area contributed by atoms with Gasteiger partial charge in [0.15, 0.2) is 6.04 Å². The van der Waals surface area contributed by atoms with Crippen molar-refractivity contribution in [3.8, 4) is 0 Å². The molecule has 0 spiro atoms. The number of nitrogens with zero attached hydrogens (tertiary/aromatic N) is 2. The number of aromatic nitrogens is 2. The number of benzene rings is 1. The fourth-order valence-corrected chi connectivity index (χ4v) is 2.98. The molecule has 9 heteroatoms. The Hall–Kier alpha value is -2.58. The lowest BCUT2D eigenvalue weighted by Crippen LogP contribution is -2.37. The summed E-state index contributed by atoms with van der Waals surface area (Å²) in [5, 5.41) is 9.39. The Morgan fingerprint density at radius 3 is 2.54 bits per heavy atom. The lowest BCUT2D eigenvalue weighted by Gasteiger charge is -2.34. The number of alkyl halides is 3. The number of amides is 1. The monoisotopic (exact) mass is 370 g/mol. The molecule has 2 atom stereocenters. The predicted octanol–water partition coefficient (Wildman–Crippen LogP) is 3.82. The van der Waals surface area contributed by atoms with Gasteiger partial charge in [-0.05, 0) is 31.5 Å². The summed E-state index contributed by atoms with van der Waals surface area (Å²) in [4.78, 5) is 12.3. The van der Waals surface area contributed by atoms with Gasteiger partial charge in [-0.25, -0.2) is 9.07 Å². The van der Waals surface area contributed by atoms with Crippen LogP contribution in [-0.4, -0.2) is 27.9 Å². The maximum absolute atomic E-state index is 13.5. The van der Waals surface area contributed by atoms with Gasteiger partial charge in [0, 0.05) is 12.5 Å². The minimum atomic E-state index is -4.53. The molecule has 0 saturated carbocycles. The molecule has 1 aromatic heterocycles. The van der Waals surface area contributed by atoms with E-state index in [0.717, 1.165) is 10.9 Å². The second kappa shape index (κ2) is 6.62. The zero-order valence-corrected chi connectivity index (χ0v) is 14.1. The van der Waals surface area contributed by atoms with Crippen molar-refractivity contribution < 1.29 is 22.4 Å². The third-order valence-electron chi connectivity index (χ3n) is 4.18. The van der Waals surface area contributed by atoms with Gasteiger partial charge in [-0.1, -0.05) is 12.1 Å². The molecule has 1 aromatic carbocycles. The van der Waals surface area contributed by atoms with Crippen LogP contribution < -0.4 is 10.6 Å². The molecule has 0 aliphatic carbocycles. The van der Waals surface area contributed by atoms with Crippen LogP contribution in [0, 0.1) is 5.82 Å². The van der Waals surface area contributed by atoms with Crippen molar-refractivity contribution in [1.82, 2.24) is 15.1 Å². The van der Waals surface area contributed by atoms with Crippen LogP contribution in [0.2, 0.25) is 0 Å². The average Bonchev–Trinajstić information content (AvgIpc) is 2.97. The van der Waals surface area contributed by atoms with Gasteiger partial charge in [0.2, 0.25) is 0 Å². The van der Waals surface area contributed by atoms with E-state index in [1.807, 2.05) is 0 Å². The Morgan fingerprint density at radius 2 is 1.96 bits per heavy atom. The fourth-order valence-electron chi connectivity index (χ4n) is 2.98. The van der Waals surface area contributed by atoms with Crippen molar-refractivity contribution in [3.63, 3.8) is 0 Å². The predicted molar refractivity (Wildman–Crippen MR) is 87.3 cm³/mol. The first-order chi connectivity index (χ1) is 12.2. The minimum Gasteiger partial charge on any atom is -0.363 e. The number of nitrogens with one attached hydrogen (secondary N) is 2. The molecule has 2 aromatic rings. The van der Waals surface area contributed by atoms with Crippen LogP contribution in [0.25, 0.3) is 0 Å². The summed E-state index contributed by atoms with van der Waals surface area (Å²) in [7, 11) is 0. The van der Waals surface area contributed by atoms with E-state index in [0.29, 0.717) is 5.56 Å². The van der Waals surface area contributed by atoms with Gasteiger partial charge < -0.3 is 10.6 Å². The summed E-state index contributed by atoms with van der Waals surface area (Å²) in [6.07, 6.45) is -3.71. The van der Waals surface area contributed by atoms with Crippen LogP contribution >= 0.6 is 0 Å². The Bertz CT molecular complexity index is 798. The highest BCUT2D eigenvalue weighted by atomic mass is 19.4.